The third-order valence-corrected chi connectivity index (χ3v) is 3.69. The zero-order valence-corrected chi connectivity index (χ0v) is 9.17. The summed E-state index contributed by atoms with van der Waals surface area (Å²) in [4.78, 5) is 11.4. The van der Waals surface area contributed by atoms with Gasteiger partial charge in [0.2, 0.25) is 0 Å². The molecule has 0 unspecified atom stereocenters. The fourth-order valence-corrected chi connectivity index (χ4v) is 2.48. The molecule has 0 aromatic rings. The molecule has 0 N–H and O–H groups in total. The van der Waals surface area contributed by atoms with Crippen molar-refractivity contribution in [3.8, 4) is 0 Å². The maximum Gasteiger partial charge on any atom is 0.307 e. The topological polar surface area (TPSA) is 26.3 Å². The molecule has 2 heteroatoms. The highest BCUT2D eigenvalue weighted by molar-refractivity contribution is 5.74. The second kappa shape index (κ2) is 2.85. The largest absolute Gasteiger partial charge is 0.454 e. The molecule has 0 aromatic heterocycles. The Hall–Kier alpha value is -0.790. The molecule has 1 saturated heterocycles. The summed E-state index contributed by atoms with van der Waals surface area (Å²) in [5, 5.41) is 0. The molecule has 2 aliphatic rings. The summed E-state index contributed by atoms with van der Waals surface area (Å²) in [5.41, 5.74) is -0.350. The van der Waals surface area contributed by atoms with Crippen LogP contribution in [0.2, 0.25) is 0 Å². The minimum atomic E-state index is -0.309. The summed E-state index contributed by atoms with van der Waals surface area (Å²) < 4.78 is 5.53. The number of hydrogen-bond acceptors (Lipinski definition) is 2. The van der Waals surface area contributed by atoms with Crippen molar-refractivity contribution in [3.63, 3.8) is 0 Å². The van der Waals surface area contributed by atoms with Crippen LogP contribution in [-0.4, -0.2) is 11.6 Å². The molecule has 0 bridgehead atoms. The lowest BCUT2D eigenvalue weighted by Crippen LogP contribution is -2.41. The van der Waals surface area contributed by atoms with Gasteiger partial charge in [-0.2, -0.15) is 0 Å². The van der Waals surface area contributed by atoms with Gasteiger partial charge in [-0.3, -0.25) is 4.79 Å². The quantitative estimate of drug-likeness (QED) is 0.438. The van der Waals surface area contributed by atoms with Gasteiger partial charge in [0.25, 0.3) is 0 Å². The van der Waals surface area contributed by atoms with Gasteiger partial charge in [-0.05, 0) is 24.8 Å². The van der Waals surface area contributed by atoms with E-state index in [0.29, 0.717) is 12.3 Å². The molecule has 0 radical (unpaired) electrons. The van der Waals surface area contributed by atoms with Crippen molar-refractivity contribution in [1.29, 1.82) is 0 Å². The standard InChI is InChI=1S/C12H18O2/c1-9-4-6-12(7-5-9)11(2,3)8-10(13)14-12/h4,6,9H,5,7-8H2,1-3H3/t9-,12+/m1/s1. The van der Waals surface area contributed by atoms with E-state index in [1.807, 2.05) is 0 Å². The molecule has 2 rings (SSSR count). The molecule has 2 nitrogen and oxygen atoms in total. The Labute approximate surface area is 85.3 Å². The number of carbonyl (C=O) groups is 1. The molecule has 1 spiro atoms. The summed E-state index contributed by atoms with van der Waals surface area (Å²) in [6.07, 6.45) is 6.94. The lowest BCUT2D eigenvalue weighted by Gasteiger charge is -2.39. The van der Waals surface area contributed by atoms with Gasteiger partial charge in [0.05, 0.1) is 6.42 Å². The van der Waals surface area contributed by atoms with Crippen molar-refractivity contribution in [2.75, 3.05) is 0 Å². The van der Waals surface area contributed by atoms with Crippen molar-refractivity contribution < 1.29 is 9.53 Å². The Morgan fingerprint density at radius 1 is 1.50 bits per heavy atom. The molecule has 1 fully saturated rings. The zero-order valence-electron chi connectivity index (χ0n) is 9.17. The SMILES string of the molecule is C[C@@H]1C=C[C@@]2(CC1)OC(=O)CC2(C)C. The monoisotopic (exact) mass is 194 g/mol. The van der Waals surface area contributed by atoms with Gasteiger partial charge in [0.1, 0.15) is 5.60 Å². The number of ether oxygens (including phenoxy) is 1. The van der Waals surface area contributed by atoms with Crippen LogP contribution in [0.3, 0.4) is 0 Å². The first-order chi connectivity index (χ1) is 6.45. The molecule has 14 heavy (non-hydrogen) atoms. The first-order valence-electron chi connectivity index (χ1n) is 5.36. The summed E-state index contributed by atoms with van der Waals surface area (Å²) in [7, 11) is 0. The van der Waals surface area contributed by atoms with Crippen molar-refractivity contribution >= 4 is 5.97 Å². The highest BCUT2D eigenvalue weighted by atomic mass is 16.6. The number of rotatable bonds is 0. The molecular weight excluding hydrogens is 176 g/mol. The van der Waals surface area contributed by atoms with Crippen molar-refractivity contribution in [1.82, 2.24) is 0 Å². The van der Waals surface area contributed by atoms with Gasteiger partial charge < -0.3 is 4.74 Å². The second-order valence-electron chi connectivity index (χ2n) is 5.30. The number of hydrogen-bond donors (Lipinski definition) is 0. The smallest absolute Gasteiger partial charge is 0.307 e. The van der Waals surface area contributed by atoms with Gasteiger partial charge in [-0.1, -0.05) is 26.8 Å². The van der Waals surface area contributed by atoms with E-state index in [4.69, 9.17) is 4.74 Å². The van der Waals surface area contributed by atoms with Crippen LogP contribution in [0.15, 0.2) is 12.2 Å². The first-order valence-corrected chi connectivity index (χ1v) is 5.36. The second-order valence-corrected chi connectivity index (χ2v) is 5.30. The van der Waals surface area contributed by atoms with E-state index in [0.717, 1.165) is 12.8 Å². The van der Waals surface area contributed by atoms with Gasteiger partial charge in [-0.25, -0.2) is 0 Å². The fraction of sp³-hybridized carbons (Fsp3) is 0.750. The van der Waals surface area contributed by atoms with Crippen molar-refractivity contribution in [2.24, 2.45) is 11.3 Å². The number of esters is 1. The Balaban J connectivity index is 2.32. The summed E-state index contributed by atoms with van der Waals surface area (Å²) in [6, 6.07) is 0. The summed E-state index contributed by atoms with van der Waals surface area (Å²) >= 11 is 0. The molecule has 78 valence electrons. The Morgan fingerprint density at radius 2 is 2.21 bits per heavy atom. The van der Waals surface area contributed by atoms with Crippen molar-refractivity contribution in [3.05, 3.63) is 12.2 Å². The predicted octanol–water partition coefficient (Wildman–Crippen LogP) is 2.68. The van der Waals surface area contributed by atoms with Crippen LogP contribution < -0.4 is 0 Å². The highest BCUT2D eigenvalue weighted by Crippen LogP contribution is 2.49. The third kappa shape index (κ3) is 1.28. The van der Waals surface area contributed by atoms with E-state index in [-0.39, 0.29) is 17.0 Å². The van der Waals surface area contributed by atoms with Crippen LogP contribution in [0.25, 0.3) is 0 Å². The fourth-order valence-electron chi connectivity index (χ4n) is 2.48. The molecule has 0 aromatic carbocycles. The van der Waals surface area contributed by atoms with E-state index < -0.39 is 0 Å². The normalized spacial score (nSPS) is 40.2. The highest BCUT2D eigenvalue weighted by Gasteiger charge is 2.53. The summed E-state index contributed by atoms with van der Waals surface area (Å²) in [5.74, 6) is 0.574. The molecule has 1 aliphatic heterocycles. The van der Waals surface area contributed by atoms with Gasteiger partial charge in [0, 0.05) is 5.41 Å². The van der Waals surface area contributed by atoms with E-state index in [2.05, 4.69) is 32.9 Å². The number of carbonyl (C=O) groups excluding carboxylic acids is 1. The minimum Gasteiger partial charge on any atom is -0.454 e. The third-order valence-electron chi connectivity index (χ3n) is 3.69. The van der Waals surface area contributed by atoms with E-state index in [1.165, 1.54) is 0 Å². The van der Waals surface area contributed by atoms with Gasteiger partial charge >= 0.3 is 5.97 Å². The summed E-state index contributed by atoms with van der Waals surface area (Å²) in [6.45, 7) is 6.45. The van der Waals surface area contributed by atoms with Crippen LogP contribution in [-0.2, 0) is 9.53 Å². The van der Waals surface area contributed by atoms with E-state index in [1.54, 1.807) is 0 Å². The molecule has 1 aliphatic carbocycles. The molecule has 0 amide bonds. The van der Waals surface area contributed by atoms with Gasteiger partial charge in [0.15, 0.2) is 0 Å². The Morgan fingerprint density at radius 3 is 2.64 bits per heavy atom. The van der Waals surface area contributed by atoms with Crippen LogP contribution in [0.4, 0.5) is 0 Å². The van der Waals surface area contributed by atoms with E-state index >= 15 is 0 Å². The number of allylic oxidation sites excluding steroid dienone is 1. The lowest BCUT2D eigenvalue weighted by atomic mass is 9.69. The minimum absolute atomic E-state index is 0.0409. The van der Waals surface area contributed by atoms with Gasteiger partial charge in [-0.15, -0.1) is 0 Å². The predicted molar refractivity (Wildman–Crippen MR) is 54.8 cm³/mol. The molecule has 1 heterocycles. The first kappa shape index (κ1) is 9.75. The van der Waals surface area contributed by atoms with Crippen LogP contribution in [0, 0.1) is 11.3 Å². The lowest BCUT2D eigenvalue weighted by molar-refractivity contribution is -0.147. The van der Waals surface area contributed by atoms with Crippen LogP contribution in [0.5, 0.6) is 0 Å². The van der Waals surface area contributed by atoms with Crippen LogP contribution in [0.1, 0.15) is 40.0 Å². The maximum atomic E-state index is 11.4. The molecule has 0 saturated carbocycles. The maximum absolute atomic E-state index is 11.4. The Kier molecular flexibility index (Phi) is 1.98. The average Bonchev–Trinajstić information content (AvgIpc) is 2.28. The average molecular weight is 194 g/mol. The molecular formula is C12H18O2. The van der Waals surface area contributed by atoms with Crippen LogP contribution >= 0.6 is 0 Å². The zero-order chi connectivity index (χ0) is 10.4. The Bertz CT molecular complexity index is 291. The van der Waals surface area contributed by atoms with E-state index in [9.17, 15) is 4.79 Å². The molecule has 2 atom stereocenters. The van der Waals surface area contributed by atoms with Crippen molar-refractivity contribution in [2.45, 2.75) is 45.6 Å².